The van der Waals surface area contributed by atoms with Crippen LogP contribution in [0.5, 0.6) is 5.75 Å². The number of benzene rings is 2. The molecule has 0 fully saturated rings. The fourth-order valence-electron chi connectivity index (χ4n) is 2.10. The van der Waals surface area contributed by atoms with Crippen molar-refractivity contribution in [1.29, 1.82) is 0 Å². The molecule has 0 amide bonds. The fraction of sp³-hybridized carbons (Fsp3) is 0.0588. The van der Waals surface area contributed by atoms with E-state index in [4.69, 9.17) is 9.15 Å². The van der Waals surface area contributed by atoms with Gasteiger partial charge in [0, 0.05) is 18.6 Å². The first-order valence-corrected chi connectivity index (χ1v) is 6.45. The highest BCUT2D eigenvalue weighted by molar-refractivity contribution is 5.78. The van der Waals surface area contributed by atoms with Gasteiger partial charge >= 0.3 is 5.97 Å². The molecule has 0 aliphatic carbocycles. The number of esters is 1. The van der Waals surface area contributed by atoms with Gasteiger partial charge in [0.05, 0.1) is 5.39 Å². The topological polar surface area (TPSA) is 56.5 Å². The lowest BCUT2D eigenvalue weighted by Gasteiger charge is -2.05. The van der Waals surface area contributed by atoms with E-state index in [1.165, 1.54) is 13.0 Å². The molecule has 1 heterocycles. The van der Waals surface area contributed by atoms with E-state index in [9.17, 15) is 9.59 Å². The Balaban J connectivity index is 2.04. The van der Waals surface area contributed by atoms with E-state index in [1.54, 1.807) is 42.5 Å². The van der Waals surface area contributed by atoms with Crippen LogP contribution in [0.4, 0.5) is 0 Å². The first-order valence-electron chi connectivity index (χ1n) is 6.45. The van der Waals surface area contributed by atoms with E-state index < -0.39 is 0 Å². The molecule has 2 aromatic carbocycles. The van der Waals surface area contributed by atoms with Gasteiger partial charge in [0.1, 0.15) is 17.1 Å². The van der Waals surface area contributed by atoms with Crippen LogP contribution in [-0.2, 0) is 4.79 Å². The van der Waals surface area contributed by atoms with Gasteiger partial charge < -0.3 is 9.15 Å². The molecule has 4 nitrogen and oxygen atoms in total. The van der Waals surface area contributed by atoms with Crippen LogP contribution < -0.4 is 10.2 Å². The summed E-state index contributed by atoms with van der Waals surface area (Å²) in [5.41, 5.74) is 1.20. The molecule has 0 unspecified atom stereocenters. The third-order valence-corrected chi connectivity index (χ3v) is 3.04. The molecule has 104 valence electrons. The van der Waals surface area contributed by atoms with E-state index in [2.05, 4.69) is 0 Å². The summed E-state index contributed by atoms with van der Waals surface area (Å²) in [6.45, 7) is 1.34. The molecule has 0 bridgehead atoms. The standard InChI is InChI=1S/C17H12O4/c1-11(18)20-13-8-6-12(7-9-13)17-10-15(19)14-4-2-3-5-16(14)21-17/h2-10H,1H3. The summed E-state index contributed by atoms with van der Waals surface area (Å²) in [4.78, 5) is 22.9. The van der Waals surface area contributed by atoms with Gasteiger partial charge in [0.25, 0.3) is 0 Å². The monoisotopic (exact) mass is 280 g/mol. The summed E-state index contributed by atoms with van der Waals surface area (Å²) in [5, 5.41) is 0.554. The average Bonchev–Trinajstić information content (AvgIpc) is 2.47. The summed E-state index contributed by atoms with van der Waals surface area (Å²) in [7, 11) is 0. The predicted molar refractivity (Wildman–Crippen MR) is 79.2 cm³/mol. The molecule has 3 aromatic rings. The molecule has 0 aliphatic heterocycles. The predicted octanol–water partition coefficient (Wildman–Crippen LogP) is 3.39. The lowest BCUT2D eigenvalue weighted by molar-refractivity contribution is -0.131. The largest absolute Gasteiger partial charge is 0.456 e. The van der Waals surface area contributed by atoms with Crippen molar-refractivity contribution in [2.45, 2.75) is 6.92 Å². The molecule has 0 spiro atoms. The minimum atomic E-state index is -0.375. The Morgan fingerprint density at radius 3 is 2.48 bits per heavy atom. The van der Waals surface area contributed by atoms with Crippen molar-refractivity contribution in [2.75, 3.05) is 0 Å². The van der Waals surface area contributed by atoms with E-state index in [1.807, 2.05) is 6.07 Å². The second kappa shape index (κ2) is 5.25. The van der Waals surface area contributed by atoms with Crippen molar-refractivity contribution in [2.24, 2.45) is 0 Å². The molecular formula is C17H12O4. The number of ether oxygens (including phenoxy) is 1. The summed E-state index contributed by atoms with van der Waals surface area (Å²) in [5.74, 6) is 0.558. The van der Waals surface area contributed by atoms with Crippen molar-refractivity contribution in [3.63, 3.8) is 0 Å². The van der Waals surface area contributed by atoms with Crippen molar-refractivity contribution >= 4 is 16.9 Å². The van der Waals surface area contributed by atoms with Crippen LogP contribution in [0.1, 0.15) is 6.92 Å². The third kappa shape index (κ3) is 2.69. The minimum Gasteiger partial charge on any atom is -0.456 e. The molecule has 0 radical (unpaired) electrons. The van der Waals surface area contributed by atoms with Gasteiger partial charge in [-0.25, -0.2) is 0 Å². The highest BCUT2D eigenvalue weighted by atomic mass is 16.5. The van der Waals surface area contributed by atoms with Gasteiger partial charge in [0.2, 0.25) is 0 Å². The average molecular weight is 280 g/mol. The molecule has 0 N–H and O–H groups in total. The van der Waals surface area contributed by atoms with Crippen molar-refractivity contribution in [3.8, 4) is 17.1 Å². The number of carbonyl (C=O) groups is 1. The molecule has 4 heteroatoms. The zero-order chi connectivity index (χ0) is 14.8. The van der Waals surface area contributed by atoms with Gasteiger partial charge in [-0.15, -0.1) is 0 Å². The summed E-state index contributed by atoms with van der Waals surface area (Å²) in [6.07, 6.45) is 0. The minimum absolute atomic E-state index is 0.0871. The van der Waals surface area contributed by atoms with E-state index in [0.29, 0.717) is 22.5 Å². The Labute approximate surface area is 120 Å². The second-order valence-corrected chi connectivity index (χ2v) is 4.59. The van der Waals surface area contributed by atoms with Crippen LogP contribution in [0.2, 0.25) is 0 Å². The number of para-hydroxylation sites is 1. The lowest BCUT2D eigenvalue weighted by Crippen LogP contribution is -2.01. The molecule has 0 atom stereocenters. The smallest absolute Gasteiger partial charge is 0.308 e. The molecular weight excluding hydrogens is 268 g/mol. The number of hydrogen-bond donors (Lipinski definition) is 0. The van der Waals surface area contributed by atoms with Gasteiger partial charge in [-0.2, -0.15) is 0 Å². The van der Waals surface area contributed by atoms with Crippen molar-refractivity contribution in [3.05, 3.63) is 64.8 Å². The Kier molecular flexibility index (Phi) is 3.28. The summed E-state index contributed by atoms with van der Waals surface area (Å²) in [6, 6.07) is 15.4. The van der Waals surface area contributed by atoms with E-state index in [-0.39, 0.29) is 11.4 Å². The molecule has 0 saturated heterocycles. The molecule has 21 heavy (non-hydrogen) atoms. The van der Waals surface area contributed by atoms with Crippen molar-refractivity contribution in [1.82, 2.24) is 0 Å². The SMILES string of the molecule is CC(=O)Oc1ccc(-c2cc(=O)c3ccccc3o2)cc1. The molecule has 0 aliphatic rings. The van der Waals surface area contributed by atoms with Crippen LogP contribution in [-0.4, -0.2) is 5.97 Å². The number of hydrogen-bond acceptors (Lipinski definition) is 4. The van der Waals surface area contributed by atoms with Gasteiger partial charge in [-0.05, 0) is 36.4 Å². The maximum Gasteiger partial charge on any atom is 0.308 e. The summed E-state index contributed by atoms with van der Waals surface area (Å²) < 4.78 is 10.7. The van der Waals surface area contributed by atoms with E-state index >= 15 is 0 Å². The molecule has 3 rings (SSSR count). The zero-order valence-corrected chi connectivity index (χ0v) is 11.3. The number of carbonyl (C=O) groups excluding carboxylic acids is 1. The molecule has 0 saturated carbocycles. The van der Waals surface area contributed by atoms with Crippen LogP contribution in [0.15, 0.2) is 63.8 Å². The first-order chi connectivity index (χ1) is 10.1. The first kappa shape index (κ1) is 13.1. The normalized spacial score (nSPS) is 10.5. The Morgan fingerprint density at radius 1 is 1.05 bits per heavy atom. The Morgan fingerprint density at radius 2 is 1.76 bits per heavy atom. The maximum absolute atomic E-state index is 12.1. The van der Waals surface area contributed by atoms with Crippen LogP contribution >= 0.6 is 0 Å². The third-order valence-electron chi connectivity index (χ3n) is 3.04. The number of fused-ring (bicyclic) bond motifs is 1. The maximum atomic E-state index is 12.1. The van der Waals surface area contributed by atoms with E-state index in [0.717, 1.165) is 5.56 Å². The van der Waals surface area contributed by atoms with Crippen LogP contribution in [0, 0.1) is 0 Å². The Hall–Kier alpha value is -2.88. The van der Waals surface area contributed by atoms with Gasteiger partial charge in [-0.1, -0.05) is 12.1 Å². The van der Waals surface area contributed by atoms with Crippen molar-refractivity contribution < 1.29 is 13.9 Å². The van der Waals surface area contributed by atoms with Gasteiger partial charge in [0.15, 0.2) is 5.43 Å². The summed E-state index contributed by atoms with van der Waals surface area (Å²) >= 11 is 0. The highest BCUT2D eigenvalue weighted by Gasteiger charge is 2.07. The quantitative estimate of drug-likeness (QED) is 0.533. The zero-order valence-electron chi connectivity index (χ0n) is 11.3. The Bertz CT molecular complexity index is 860. The van der Waals surface area contributed by atoms with Gasteiger partial charge in [-0.3, -0.25) is 9.59 Å². The highest BCUT2D eigenvalue weighted by Crippen LogP contribution is 2.24. The second-order valence-electron chi connectivity index (χ2n) is 4.59. The fourth-order valence-corrected chi connectivity index (χ4v) is 2.10. The number of rotatable bonds is 2. The van der Waals surface area contributed by atoms with Crippen LogP contribution in [0.3, 0.4) is 0 Å². The molecule has 1 aromatic heterocycles. The lowest BCUT2D eigenvalue weighted by atomic mass is 10.1. The van der Waals surface area contributed by atoms with Crippen LogP contribution in [0.25, 0.3) is 22.3 Å².